The monoisotopic (exact) mass is 356 g/mol. The minimum Gasteiger partial charge on any atom is -0.465 e. The van der Waals surface area contributed by atoms with E-state index in [9.17, 15) is 0 Å². The van der Waals surface area contributed by atoms with Crippen molar-refractivity contribution in [3.05, 3.63) is 29.8 Å². The molecule has 0 spiro atoms. The van der Waals surface area contributed by atoms with E-state index in [2.05, 4.69) is 38.1 Å². The molecule has 26 heavy (non-hydrogen) atoms. The normalized spacial score (nSPS) is 34.7. The Morgan fingerprint density at radius 3 is 2.12 bits per heavy atom. The molecular formula is C24H36O2. The van der Waals surface area contributed by atoms with E-state index in [0.717, 1.165) is 41.9 Å². The second-order valence-corrected chi connectivity index (χ2v) is 9.32. The van der Waals surface area contributed by atoms with Crippen LogP contribution in [0.2, 0.25) is 0 Å². The Hall–Kier alpha value is -1.02. The number of rotatable bonds is 8. The quantitative estimate of drug-likeness (QED) is 0.501. The largest absolute Gasteiger partial charge is 0.465 e. The van der Waals surface area contributed by atoms with Gasteiger partial charge in [0.25, 0.3) is 0 Å². The predicted molar refractivity (Wildman–Crippen MR) is 106 cm³/mol. The molecule has 4 aliphatic rings. The highest BCUT2D eigenvalue weighted by Crippen LogP contribution is 2.57. The molecule has 1 aromatic rings. The maximum absolute atomic E-state index is 6.03. The van der Waals surface area contributed by atoms with Gasteiger partial charge in [-0.2, -0.15) is 0 Å². The van der Waals surface area contributed by atoms with Crippen molar-refractivity contribution in [2.75, 3.05) is 6.61 Å². The third-order valence-electron chi connectivity index (χ3n) is 7.59. The van der Waals surface area contributed by atoms with Crippen LogP contribution in [0, 0.1) is 29.6 Å². The van der Waals surface area contributed by atoms with Crippen molar-refractivity contribution in [3.63, 3.8) is 0 Å². The first-order chi connectivity index (χ1) is 12.6. The molecule has 0 aliphatic heterocycles. The van der Waals surface area contributed by atoms with Crippen LogP contribution in [-0.2, 0) is 4.74 Å². The lowest BCUT2D eigenvalue weighted by Gasteiger charge is -2.54. The van der Waals surface area contributed by atoms with Crippen molar-refractivity contribution in [1.29, 1.82) is 0 Å². The van der Waals surface area contributed by atoms with Crippen molar-refractivity contribution < 1.29 is 9.47 Å². The Morgan fingerprint density at radius 2 is 1.54 bits per heavy atom. The van der Waals surface area contributed by atoms with Crippen LogP contribution >= 0.6 is 0 Å². The molecule has 0 N–H and O–H groups in total. The van der Waals surface area contributed by atoms with E-state index in [1.807, 2.05) is 6.92 Å². The maximum Gasteiger partial charge on any atom is 0.196 e. The van der Waals surface area contributed by atoms with Crippen LogP contribution < -0.4 is 4.74 Å². The van der Waals surface area contributed by atoms with Crippen LogP contribution in [-0.4, -0.2) is 12.9 Å². The van der Waals surface area contributed by atoms with Gasteiger partial charge < -0.3 is 9.47 Å². The summed E-state index contributed by atoms with van der Waals surface area (Å²) in [7, 11) is 0. The molecule has 4 saturated carbocycles. The lowest BCUT2D eigenvalue weighted by molar-refractivity contribution is -0.0913. The fourth-order valence-corrected chi connectivity index (χ4v) is 6.22. The zero-order valence-electron chi connectivity index (χ0n) is 16.8. The molecule has 1 aromatic carbocycles. The highest BCUT2D eigenvalue weighted by atomic mass is 16.7. The fraction of sp³-hybridized carbons (Fsp3) is 0.750. The molecule has 2 atom stereocenters. The molecule has 4 bridgehead atoms. The minimum atomic E-state index is -0.165. The van der Waals surface area contributed by atoms with Gasteiger partial charge in [0.2, 0.25) is 0 Å². The number of ether oxygens (including phenoxy) is 2. The first kappa shape index (κ1) is 18.3. The van der Waals surface area contributed by atoms with Crippen molar-refractivity contribution in [3.8, 4) is 5.75 Å². The summed E-state index contributed by atoms with van der Waals surface area (Å²) in [6.07, 6.45) is 9.80. The van der Waals surface area contributed by atoms with Gasteiger partial charge in [-0.1, -0.05) is 26.0 Å². The molecule has 0 aromatic heterocycles. The van der Waals surface area contributed by atoms with E-state index in [1.54, 1.807) is 0 Å². The van der Waals surface area contributed by atoms with Crippen LogP contribution in [0.15, 0.2) is 24.3 Å². The van der Waals surface area contributed by atoms with Crippen LogP contribution in [0.3, 0.4) is 0 Å². The summed E-state index contributed by atoms with van der Waals surface area (Å²) < 4.78 is 12.0. The van der Waals surface area contributed by atoms with Gasteiger partial charge in [-0.05, 0) is 105 Å². The Morgan fingerprint density at radius 1 is 0.923 bits per heavy atom. The first-order valence-electron chi connectivity index (χ1n) is 11.0. The third kappa shape index (κ3) is 3.96. The molecule has 2 nitrogen and oxygen atoms in total. The van der Waals surface area contributed by atoms with Crippen LogP contribution in [0.25, 0.3) is 0 Å². The smallest absolute Gasteiger partial charge is 0.196 e. The first-order valence-corrected chi connectivity index (χ1v) is 11.0. The molecule has 5 rings (SSSR count). The molecule has 0 heterocycles. The Balaban J connectivity index is 1.21. The zero-order chi connectivity index (χ0) is 18.1. The highest BCUT2D eigenvalue weighted by molar-refractivity contribution is 5.29. The zero-order valence-corrected chi connectivity index (χ0v) is 16.8. The summed E-state index contributed by atoms with van der Waals surface area (Å²) >= 11 is 0. The van der Waals surface area contributed by atoms with Crippen molar-refractivity contribution in [2.24, 2.45) is 29.6 Å². The molecule has 144 valence electrons. The van der Waals surface area contributed by atoms with Gasteiger partial charge >= 0.3 is 0 Å². The third-order valence-corrected chi connectivity index (χ3v) is 7.59. The summed E-state index contributed by atoms with van der Waals surface area (Å²) in [5.41, 5.74) is 1.38. The summed E-state index contributed by atoms with van der Waals surface area (Å²) in [4.78, 5) is 0. The molecule has 4 aliphatic carbocycles. The van der Waals surface area contributed by atoms with Crippen LogP contribution in [0.4, 0.5) is 0 Å². The van der Waals surface area contributed by atoms with Crippen LogP contribution in [0.5, 0.6) is 5.75 Å². The summed E-state index contributed by atoms with van der Waals surface area (Å²) in [6, 6.07) is 8.54. The predicted octanol–water partition coefficient (Wildman–Crippen LogP) is 6.40. The Labute approximate surface area is 159 Å². The standard InChI is InChI=1S/C24H36O2/c1-4-16(2)20-5-7-23(8-6-20)26-17(3)25-10-9-24-21-12-18-11-19(14-21)15-22(24)13-18/h5-8,16-19,21-22,24H,4,9-15H2,1-3H3. The van der Waals surface area contributed by atoms with Gasteiger partial charge in [0.05, 0.1) is 6.61 Å². The summed E-state index contributed by atoms with van der Waals surface area (Å²) in [5.74, 6) is 6.58. The molecule has 0 radical (unpaired) electrons. The van der Waals surface area contributed by atoms with Gasteiger partial charge in [0, 0.05) is 0 Å². The van der Waals surface area contributed by atoms with Crippen molar-refractivity contribution in [1.82, 2.24) is 0 Å². The molecule has 2 unspecified atom stereocenters. The average molecular weight is 357 g/mol. The minimum absolute atomic E-state index is 0.165. The van der Waals surface area contributed by atoms with E-state index >= 15 is 0 Å². The van der Waals surface area contributed by atoms with Crippen molar-refractivity contribution in [2.45, 2.75) is 77.9 Å². The highest BCUT2D eigenvalue weighted by Gasteiger charge is 2.47. The van der Waals surface area contributed by atoms with Gasteiger partial charge in [-0.3, -0.25) is 0 Å². The molecule has 0 saturated heterocycles. The van der Waals surface area contributed by atoms with Crippen LogP contribution in [0.1, 0.15) is 77.2 Å². The lowest BCUT2D eigenvalue weighted by atomic mass is 9.51. The molecule has 0 amide bonds. The van der Waals surface area contributed by atoms with Gasteiger partial charge in [0.15, 0.2) is 6.29 Å². The van der Waals surface area contributed by atoms with Gasteiger partial charge in [-0.25, -0.2) is 0 Å². The number of hydrogen-bond donors (Lipinski definition) is 0. The lowest BCUT2D eigenvalue weighted by Crippen LogP contribution is -2.45. The molecular weight excluding hydrogens is 320 g/mol. The number of hydrogen-bond acceptors (Lipinski definition) is 2. The summed E-state index contributed by atoms with van der Waals surface area (Å²) in [5, 5.41) is 0. The Kier molecular flexibility index (Phi) is 5.59. The second-order valence-electron chi connectivity index (χ2n) is 9.32. The maximum atomic E-state index is 6.03. The van der Waals surface area contributed by atoms with E-state index in [1.165, 1.54) is 50.5 Å². The average Bonchev–Trinajstić information content (AvgIpc) is 2.63. The molecule has 2 heteroatoms. The second kappa shape index (κ2) is 7.92. The Bertz CT molecular complexity index is 550. The topological polar surface area (TPSA) is 18.5 Å². The van der Waals surface area contributed by atoms with E-state index in [4.69, 9.17) is 9.47 Å². The number of benzene rings is 1. The van der Waals surface area contributed by atoms with E-state index < -0.39 is 0 Å². The van der Waals surface area contributed by atoms with Crippen molar-refractivity contribution >= 4 is 0 Å². The summed E-state index contributed by atoms with van der Waals surface area (Å²) in [6.45, 7) is 7.37. The fourth-order valence-electron chi connectivity index (χ4n) is 6.22. The SMILES string of the molecule is CCC(C)c1ccc(OC(C)OCCC2C3CC4CC(C3)CC2C4)cc1. The van der Waals surface area contributed by atoms with E-state index in [0.29, 0.717) is 5.92 Å². The molecule has 4 fully saturated rings. The van der Waals surface area contributed by atoms with Gasteiger partial charge in [-0.15, -0.1) is 0 Å². The van der Waals surface area contributed by atoms with Gasteiger partial charge in [0.1, 0.15) is 5.75 Å². The van der Waals surface area contributed by atoms with E-state index in [-0.39, 0.29) is 6.29 Å².